The number of methoxy groups -OCH3 is 3. The molecule has 1 saturated carbocycles. The molecule has 0 saturated heterocycles. The van der Waals surface area contributed by atoms with Gasteiger partial charge in [-0.3, -0.25) is 0 Å². The molecule has 216 valence electrons. The van der Waals surface area contributed by atoms with Crippen LogP contribution < -0.4 is 0 Å². The van der Waals surface area contributed by atoms with Gasteiger partial charge in [0, 0.05) is 34.5 Å². The molecule has 11 nitrogen and oxygen atoms in total. The maximum Gasteiger partial charge on any atom is 0.500 e. The molecule has 1 N–H and O–H groups in total. The van der Waals surface area contributed by atoms with E-state index in [2.05, 4.69) is 0 Å². The van der Waals surface area contributed by atoms with Crippen molar-refractivity contribution in [2.24, 2.45) is 5.92 Å². The zero-order chi connectivity index (χ0) is 26.3. The minimum Gasteiger partial charge on any atom is -0.390 e. The Balaban J connectivity index is 2.52. The number of hydrogen-bond acceptors (Lipinski definition) is 11. The van der Waals surface area contributed by atoms with Crippen molar-refractivity contribution in [1.29, 1.82) is 0 Å². The Labute approximate surface area is 218 Å². The number of rotatable bonds is 25. The quantitative estimate of drug-likeness (QED) is 0.134. The second kappa shape index (κ2) is 22.7. The molecule has 0 spiro atoms. The van der Waals surface area contributed by atoms with Gasteiger partial charge in [0.1, 0.15) is 0 Å². The van der Waals surface area contributed by atoms with E-state index in [1.54, 1.807) is 28.4 Å². The molecule has 1 fully saturated rings. The fourth-order valence-corrected chi connectivity index (χ4v) is 6.29. The van der Waals surface area contributed by atoms with Gasteiger partial charge in [0.2, 0.25) is 0 Å². The standard InChI is InChI=1S/C24H50O11Si/c1-26-8-11-30-14-17-33-24-21-22(5-6-23(24)25)7-20-36(29-4,34-18-15-31-12-9-27-2)35-19-16-32-13-10-28-3/h22-25H,5-21H2,1-4H3. The van der Waals surface area contributed by atoms with Gasteiger partial charge in [0.05, 0.1) is 91.5 Å². The first-order chi connectivity index (χ1) is 17.6. The molecule has 1 aliphatic rings. The van der Waals surface area contributed by atoms with Crippen molar-refractivity contribution in [3.05, 3.63) is 0 Å². The third-order valence-corrected chi connectivity index (χ3v) is 8.80. The lowest BCUT2D eigenvalue weighted by atomic mass is 9.84. The number of ether oxygens (including phenoxy) is 7. The Morgan fingerprint density at radius 1 is 0.639 bits per heavy atom. The molecule has 12 heteroatoms. The van der Waals surface area contributed by atoms with Crippen molar-refractivity contribution < 1.29 is 51.5 Å². The molecule has 0 aliphatic heterocycles. The zero-order valence-corrected chi connectivity index (χ0v) is 23.8. The second-order valence-electron chi connectivity index (χ2n) is 8.59. The minimum absolute atomic E-state index is 0.196. The fraction of sp³-hybridized carbons (Fsp3) is 1.00. The van der Waals surface area contributed by atoms with Crippen molar-refractivity contribution >= 4 is 8.80 Å². The van der Waals surface area contributed by atoms with Crippen molar-refractivity contribution in [2.75, 3.05) is 108 Å². The molecule has 3 unspecified atom stereocenters. The van der Waals surface area contributed by atoms with Gasteiger partial charge in [-0.2, -0.15) is 0 Å². The topological polar surface area (TPSA) is 113 Å². The Morgan fingerprint density at radius 2 is 1.14 bits per heavy atom. The van der Waals surface area contributed by atoms with E-state index in [1.807, 2.05) is 0 Å². The van der Waals surface area contributed by atoms with E-state index in [-0.39, 0.29) is 6.10 Å². The summed E-state index contributed by atoms with van der Waals surface area (Å²) >= 11 is 0. The monoisotopic (exact) mass is 542 g/mol. The average Bonchev–Trinajstić information content (AvgIpc) is 2.89. The Bertz CT molecular complexity index is 473. The van der Waals surface area contributed by atoms with Gasteiger partial charge >= 0.3 is 8.80 Å². The summed E-state index contributed by atoms with van der Waals surface area (Å²) in [5.41, 5.74) is 0. The molecule has 0 aromatic heterocycles. The molecule has 3 atom stereocenters. The van der Waals surface area contributed by atoms with Gasteiger partial charge in [0.15, 0.2) is 0 Å². The third kappa shape index (κ3) is 15.9. The summed E-state index contributed by atoms with van der Waals surface area (Å²) in [4.78, 5) is 0. The summed E-state index contributed by atoms with van der Waals surface area (Å²) in [5.74, 6) is 0.387. The van der Waals surface area contributed by atoms with Crippen LogP contribution in [0.5, 0.6) is 0 Å². The van der Waals surface area contributed by atoms with E-state index < -0.39 is 14.9 Å². The molecular weight excluding hydrogens is 492 g/mol. The van der Waals surface area contributed by atoms with Gasteiger partial charge in [-0.25, -0.2) is 0 Å². The van der Waals surface area contributed by atoms with Crippen LogP contribution in [-0.4, -0.2) is 134 Å². The van der Waals surface area contributed by atoms with E-state index in [9.17, 15) is 5.11 Å². The van der Waals surface area contributed by atoms with Crippen LogP contribution in [0.3, 0.4) is 0 Å². The summed E-state index contributed by atoms with van der Waals surface area (Å²) in [5, 5.41) is 10.4. The highest BCUT2D eigenvalue weighted by molar-refractivity contribution is 6.60. The number of aliphatic hydroxyl groups is 1. The maximum absolute atomic E-state index is 10.4. The lowest BCUT2D eigenvalue weighted by Crippen LogP contribution is -2.47. The number of hydrogen-bond donors (Lipinski definition) is 1. The lowest BCUT2D eigenvalue weighted by Gasteiger charge is -2.35. The summed E-state index contributed by atoms with van der Waals surface area (Å²) in [6.45, 7) is 5.77. The molecule has 0 radical (unpaired) electrons. The maximum atomic E-state index is 10.4. The first kappa shape index (κ1) is 33.8. The Hall–Kier alpha value is -0.223. The molecule has 0 aromatic rings. The highest BCUT2D eigenvalue weighted by Crippen LogP contribution is 2.32. The van der Waals surface area contributed by atoms with Crippen LogP contribution in [0, 0.1) is 5.92 Å². The van der Waals surface area contributed by atoms with Gasteiger partial charge in [-0.05, 0) is 31.6 Å². The SMILES string of the molecule is COCCOCCOC1CC(CC[Si](OC)(OCCOCCOC)OCCOCCOC)CCC1O. The van der Waals surface area contributed by atoms with Crippen molar-refractivity contribution in [1.82, 2.24) is 0 Å². The normalized spacial score (nSPS) is 20.8. The molecule has 0 aromatic carbocycles. The summed E-state index contributed by atoms with van der Waals surface area (Å²) in [6, 6.07) is 0.674. The minimum atomic E-state index is -2.93. The van der Waals surface area contributed by atoms with E-state index in [1.165, 1.54) is 0 Å². The van der Waals surface area contributed by atoms with Gasteiger partial charge in [-0.1, -0.05) is 0 Å². The molecule has 0 bridgehead atoms. The van der Waals surface area contributed by atoms with Crippen LogP contribution in [0.25, 0.3) is 0 Å². The summed E-state index contributed by atoms with van der Waals surface area (Å²) in [7, 11) is 3.64. The fourth-order valence-electron chi connectivity index (χ4n) is 3.93. The highest BCUT2D eigenvalue weighted by atomic mass is 28.4. The van der Waals surface area contributed by atoms with E-state index >= 15 is 0 Å². The van der Waals surface area contributed by atoms with Crippen LogP contribution in [0.15, 0.2) is 0 Å². The molecular formula is C24H50O11Si. The van der Waals surface area contributed by atoms with Gasteiger partial charge < -0.3 is 51.5 Å². The van der Waals surface area contributed by atoms with Crippen LogP contribution in [0.4, 0.5) is 0 Å². The largest absolute Gasteiger partial charge is 0.500 e. The van der Waals surface area contributed by atoms with Crippen LogP contribution >= 0.6 is 0 Å². The zero-order valence-electron chi connectivity index (χ0n) is 22.8. The van der Waals surface area contributed by atoms with E-state index in [0.29, 0.717) is 97.7 Å². The van der Waals surface area contributed by atoms with Gasteiger partial charge in [0.25, 0.3) is 0 Å². The third-order valence-electron chi connectivity index (χ3n) is 5.99. The summed E-state index contributed by atoms with van der Waals surface area (Å²) < 4.78 is 55.7. The molecule has 1 aliphatic carbocycles. The van der Waals surface area contributed by atoms with E-state index in [4.69, 9.17) is 46.4 Å². The predicted molar refractivity (Wildman–Crippen MR) is 135 cm³/mol. The lowest BCUT2D eigenvalue weighted by molar-refractivity contribution is -0.0864. The molecule has 0 heterocycles. The molecule has 1 rings (SSSR count). The Kier molecular flexibility index (Phi) is 21.3. The molecule has 36 heavy (non-hydrogen) atoms. The van der Waals surface area contributed by atoms with Crippen LogP contribution in [0.2, 0.25) is 6.04 Å². The number of aliphatic hydroxyl groups excluding tert-OH is 1. The first-order valence-corrected chi connectivity index (χ1v) is 14.9. The second-order valence-corrected chi connectivity index (χ2v) is 11.4. The highest BCUT2D eigenvalue weighted by Gasteiger charge is 2.41. The van der Waals surface area contributed by atoms with Crippen molar-refractivity contribution in [3.8, 4) is 0 Å². The van der Waals surface area contributed by atoms with Gasteiger partial charge in [-0.15, -0.1) is 0 Å². The van der Waals surface area contributed by atoms with Crippen LogP contribution in [-0.2, 0) is 46.4 Å². The molecule has 0 amide bonds. The first-order valence-electron chi connectivity index (χ1n) is 12.9. The van der Waals surface area contributed by atoms with Crippen molar-refractivity contribution in [3.63, 3.8) is 0 Å². The van der Waals surface area contributed by atoms with Crippen molar-refractivity contribution in [2.45, 2.75) is 43.9 Å². The van der Waals surface area contributed by atoms with E-state index in [0.717, 1.165) is 19.3 Å². The van der Waals surface area contributed by atoms with Crippen LogP contribution in [0.1, 0.15) is 25.7 Å². The average molecular weight is 543 g/mol. The summed E-state index contributed by atoms with van der Waals surface area (Å²) in [6.07, 6.45) is 2.65. The smallest absolute Gasteiger partial charge is 0.390 e. The Morgan fingerprint density at radius 3 is 1.64 bits per heavy atom. The predicted octanol–water partition coefficient (Wildman–Crippen LogP) is 1.53.